The highest BCUT2D eigenvalue weighted by Crippen LogP contribution is 2.27. The van der Waals surface area contributed by atoms with E-state index in [1.54, 1.807) is 30.3 Å². The Bertz CT molecular complexity index is 1020. The number of nitrogens with zero attached hydrogens (tertiary/aromatic N) is 5. The summed E-state index contributed by atoms with van der Waals surface area (Å²) in [6.45, 7) is 7.05. The van der Waals surface area contributed by atoms with Crippen LogP contribution in [-0.4, -0.2) is 14.8 Å². The van der Waals surface area contributed by atoms with Crippen molar-refractivity contribution in [2.24, 2.45) is 0 Å². The SMILES string of the molecule is [2H]c1c([2H])c(C(c2ccc([N+]#[C-])cc2)n2cncn2)c([2H])c([2H])c1C#N. The first kappa shape index (κ1) is 9.49. The largest absolute Gasteiger partial charge is 0.241 e. The van der Waals surface area contributed by atoms with Crippen molar-refractivity contribution >= 4 is 5.69 Å². The Morgan fingerprint density at radius 3 is 2.45 bits per heavy atom. The molecule has 1 heterocycles. The van der Waals surface area contributed by atoms with Gasteiger partial charge < -0.3 is 0 Å². The summed E-state index contributed by atoms with van der Waals surface area (Å²) in [4.78, 5) is 7.24. The van der Waals surface area contributed by atoms with Crippen LogP contribution in [0.2, 0.25) is 0 Å². The molecule has 5 heteroatoms. The highest BCUT2D eigenvalue weighted by molar-refractivity contribution is 5.47. The van der Waals surface area contributed by atoms with Gasteiger partial charge in [-0.2, -0.15) is 10.4 Å². The fourth-order valence-electron chi connectivity index (χ4n) is 2.05. The maximum atomic E-state index is 9.12. The molecule has 1 unspecified atom stereocenters. The lowest BCUT2D eigenvalue weighted by atomic mass is 9.98. The highest BCUT2D eigenvalue weighted by atomic mass is 15.3. The average Bonchev–Trinajstić information content (AvgIpc) is 3.18. The van der Waals surface area contributed by atoms with Gasteiger partial charge in [0.1, 0.15) is 18.7 Å². The van der Waals surface area contributed by atoms with Gasteiger partial charge in [0, 0.05) is 0 Å². The Labute approximate surface area is 133 Å². The van der Waals surface area contributed by atoms with Crippen LogP contribution in [0.25, 0.3) is 4.85 Å². The average molecular weight is 289 g/mol. The zero-order valence-corrected chi connectivity index (χ0v) is 11.3. The summed E-state index contributed by atoms with van der Waals surface area (Å²) >= 11 is 0. The Morgan fingerprint density at radius 1 is 1.18 bits per heavy atom. The first-order valence-electron chi connectivity index (χ1n) is 8.31. The van der Waals surface area contributed by atoms with E-state index in [1.165, 1.54) is 17.3 Å². The van der Waals surface area contributed by atoms with Crippen molar-refractivity contribution in [2.45, 2.75) is 6.04 Å². The van der Waals surface area contributed by atoms with Crippen LogP contribution in [0.4, 0.5) is 5.69 Å². The van der Waals surface area contributed by atoms with E-state index < -0.39 is 18.1 Å². The molecule has 1 atom stereocenters. The van der Waals surface area contributed by atoms with E-state index in [9.17, 15) is 0 Å². The van der Waals surface area contributed by atoms with Crippen molar-refractivity contribution in [2.75, 3.05) is 0 Å². The number of benzene rings is 2. The Hall–Kier alpha value is -3.44. The van der Waals surface area contributed by atoms with Crippen LogP contribution in [0, 0.1) is 17.9 Å². The zero-order chi connectivity index (χ0) is 18.8. The van der Waals surface area contributed by atoms with Gasteiger partial charge in [0.15, 0.2) is 5.69 Å². The zero-order valence-electron chi connectivity index (χ0n) is 15.3. The van der Waals surface area contributed by atoms with E-state index in [0.717, 1.165) is 0 Å². The quantitative estimate of drug-likeness (QED) is 0.695. The highest BCUT2D eigenvalue weighted by Gasteiger charge is 2.17. The van der Waals surface area contributed by atoms with Crippen LogP contribution in [0.1, 0.15) is 28.2 Å². The predicted molar refractivity (Wildman–Crippen MR) is 81.1 cm³/mol. The van der Waals surface area contributed by atoms with E-state index in [2.05, 4.69) is 14.9 Å². The van der Waals surface area contributed by atoms with Crippen molar-refractivity contribution in [3.63, 3.8) is 0 Å². The van der Waals surface area contributed by atoms with Gasteiger partial charge in [0.25, 0.3) is 0 Å². The molecule has 0 amide bonds. The molecule has 0 aliphatic heterocycles. The fraction of sp³-hybridized carbons (Fsp3) is 0.0588. The molecule has 3 rings (SSSR count). The predicted octanol–water partition coefficient (Wildman–Crippen LogP) is 3.34. The van der Waals surface area contributed by atoms with Crippen molar-refractivity contribution < 1.29 is 5.48 Å². The second kappa shape index (κ2) is 5.90. The van der Waals surface area contributed by atoms with Gasteiger partial charge in [-0.3, -0.25) is 0 Å². The molecule has 0 saturated heterocycles. The molecule has 0 aliphatic carbocycles. The molecule has 0 spiro atoms. The van der Waals surface area contributed by atoms with Crippen LogP contribution in [0.3, 0.4) is 0 Å². The third-order valence-corrected chi connectivity index (χ3v) is 3.07. The van der Waals surface area contributed by atoms with Crippen LogP contribution >= 0.6 is 0 Å². The van der Waals surface area contributed by atoms with Gasteiger partial charge in [-0.25, -0.2) is 14.5 Å². The first-order valence-corrected chi connectivity index (χ1v) is 6.31. The molecule has 0 bridgehead atoms. The maximum Gasteiger partial charge on any atom is 0.187 e. The molecule has 0 N–H and O–H groups in total. The third-order valence-electron chi connectivity index (χ3n) is 3.07. The topological polar surface area (TPSA) is 58.9 Å². The second-order valence-corrected chi connectivity index (χ2v) is 4.38. The Balaban J connectivity index is 2.31. The summed E-state index contributed by atoms with van der Waals surface area (Å²) in [5.41, 5.74) is 0.836. The van der Waals surface area contributed by atoms with Crippen molar-refractivity contribution in [3.8, 4) is 6.07 Å². The molecular formula is C17H11N5. The summed E-state index contributed by atoms with van der Waals surface area (Å²) in [6.07, 6.45) is 2.72. The van der Waals surface area contributed by atoms with Crippen molar-refractivity contribution in [3.05, 3.63) is 89.2 Å². The minimum atomic E-state index is -0.779. The molecule has 0 radical (unpaired) electrons. The number of rotatable bonds is 3. The molecule has 22 heavy (non-hydrogen) atoms. The van der Waals surface area contributed by atoms with E-state index >= 15 is 0 Å². The minimum absolute atomic E-state index is 0.0834. The first-order chi connectivity index (χ1) is 12.5. The van der Waals surface area contributed by atoms with Gasteiger partial charge in [-0.15, -0.1) is 0 Å². The maximum absolute atomic E-state index is 9.12. The second-order valence-electron chi connectivity index (χ2n) is 4.38. The molecular weight excluding hydrogens is 274 g/mol. The lowest BCUT2D eigenvalue weighted by Gasteiger charge is -2.18. The summed E-state index contributed by atoms with van der Waals surface area (Å²) < 4.78 is 34.0. The number of hydrogen-bond acceptors (Lipinski definition) is 3. The van der Waals surface area contributed by atoms with Gasteiger partial charge in [-0.1, -0.05) is 36.4 Å². The van der Waals surface area contributed by atoms with Crippen LogP contribution in [0.5, 0.6) is 0 Å². The van der Waals surface area contributed by atoms with E-state index in [0.29, 0.717) is 11.3 Å². The monoisotopic (exact) mass is 289 g/mol. The smallest absolute Gasteiger partial charge is 0.187 e. The van der Waals surface area contributed by atoms with Gasteiger partial charge in [0.2, 0.25) is 0 Å². The summed E-state index contributed by atoms with van der Waals surface area (Å²) in [5, 5.41) is 13.2. The Morgan fingerprint density at radius 2 is 1.91 bits per heavy atom. The molecule has 0 aliphatic rings. The number of aromatic nitrogens is 3. The van der Waals surface area contributed by atoms with Crippen molar-refractivity contribution in [1.82, 2.24) is 14.8 Å². The van der Waals surface area contributed by atoms with E-state index in [-0.39, 0.29) is 23.2 Å². The van der Waals surface area contributed by atoms with Crippen LogP contribution in [-0.2, 0) is 0 Å². The fourth-order valence-corrected chi connectivity index (χ4v) is 2.05. The Kier molecular flexibility index (Phi) is 2.55. The normalized spacial score (nSPS) is 13.9. The molecule has 2 aromatic carbocycles. The molecule has 3 aromatic rings. The lowest BCUT2D eigenvalue weighted by molar-refractivity contribution is 0.594. The number of nitriles is 1. The van der Waals surface area contributed by atoms with Crippen LogP contribution < -0.4 is 0 Å². The van der Waals surface area contributed by atoms with Crippen molar-refractivity contribution in [1.29, 1.82) is 5.26 Å². The standard InChI is InChI=1S/C17H11N5/c1-19-16-8-6-15(7-9-16)17(22-12-20-11-21-22)14-4-2-13(10-18)3-5-14/h2-9,11-12,17H/i2D,3D,4D,5D. The van der Waals surface area contributed by atoms with Gasteiger partial charge in [0.05, 0.1) is 23.7 Å². The molecule has 1 aromatic heterocycles. The van der Waals surface area contributed by atoms with Gasteiger partial charge in [-0.05, 0) is 23.2 Å². The molecule has 0 fully saturated rings. The molecule has 5 nitrogen and oxygen atoms in total. The van der Waals surface area contributed by atoms with E-state index in [1.807, 2.05) is 0 Å². The van der Waals surface area contributed by atoms with Crippen LogP contribution in [0.15, 0.2) is 61.1 Å². The van der Waals surface area contributed by atoms with E-state index in [4.69, 9.17) is 17.3 Å². The summed E-state index contributed by atoms with van der Waals surface area (Å²) in [6, 6.07) is 6.08. The summed E-state index contributed by atoms with van der Waals surface area (Å²) in [7, 11) is 0. The summed E-state index contributed by atoms with van der Waals surface area (Å²) in [5.74, 6) is 0. The van der Waals surface area contributed by atoms with Gasteiger partial charge >= 0.3 is 0 Å². The number of hydrogen-bond donors (Lipinski definition) is 0. The molecule has 0 saturated carbocycles. The third kappa shape index (κ3) is 2.56. The minimum Gasteiger partial charge on any atom is -0.241 e. The molecule has 104 valence electrons. The lowest BCUT2D eigenvalue weighted by Crippen LogP contribution is -2.12.